The smallest absolute Gasteiger partial charge is 0.221 e. The maximum atomic E-state index is 11.0. The van der Waals surface area contributed by atoms with E-state index in [1.807, 2.05) is 24.3 Å². The van der Waals surface area contributed by atoms with Crippen molar-refractivity contribution < 1.29 is 4.79 Å². The van der Waals surface area contributed by atoms with Gasteiger partial charge in [0.15, 0.2) is 0 Å². The molecule has 0 saturated heterocycles. The Balaban J connectivity index is 2.06. The maximum Gasteiger partial charge on any atom is 0.221 e. The number of hydrogen-bond acceptors (Lipinski definition) is 2. The van der Waals surface area contributed by atoms with E-state index in [0.29, 0.717) is 10.7 Å². The molecule has 104 valence electrons. The molecule has 1 amide bonds. The Kier molecular flexibility index (Phi) is 4.64. The van der Waals surface area contributed by atoms with Crippen LogP contribution in [0.15, 0.2) is 42.5 Å². The molecule has 2 aromatic rings. The van der Waals surface area contributed by atoms with Crippen molar-refractivity contribution in [3.8, 4) is 0 Å². The van der Waals surface area contributed by atoms with Crippen LogP contribution in [-0.4, -0.2) is 5.91 Å². The van der Waals surface area contributed by atoms with Gasteiger partial charge in [-0.2, -0.15) is 0 Å². The maximum absolute atomic E-state index is 11.0. The molecule has 0 saturated carbocycles. The molecule has 0 fully saturated rings. The fraction of sp³-hybridized carbons (Fsp3) is 0.188. The summed E-state index contributed by atoms with van der Waals surface area (Å²) in [6.45, 7) is 4.28. The Labute approximate surface area is 124 Å². The van der Waals surface area contributed by atoms with Crippen molar-refractivity contribution in [3.63, 3.8) is 0 Å². The molecule has 0 aliphatic heterocycles. The van der Waals surface area contributed by atoms with E-state index in [9.17, 15) is 4.79 Å². The van der Waals surface area contributed by atoms with Gasteiger partial charge in [-0.05, 0) is 36.2 Å². The van der Waals surface area contributed by atoms with Crippen LogP contribution in [0.25, 0.3) is 0 Å². The summed E-state index contributed by atoms with van der Waals surface area (Å²) in [7, 11) is 0. The zero-order chi connectivity index (χ0) is 14.5. The highest BCUT2D eigenvalue weighted by Gasteiger charge is 2.04. The number of aryl methyl sites for hydroxylation is 1. The molecule has 0 heterocycles. The quantitative estimate of drug-likeness (QED) is 0.884. The lowest BCUT2D eigenvalue weighted by molar-refractivity contribution is -0.114. The van der Waals surface area contributed by atoms with Crippen LogP contribution in [0, 0.1) is 6.92 Å². The fourth-order valence-corrected chi connectivity index (χ4v) is 2.15. The molecule has 2 aromatic carbocycles. The molecular weight excluding hydrogens is 272 g/mol. The minimum absolute atomic E-state index is 0.132. The number of anilines is 2. The van der Waals surface area contributed by atoms with Gasteiger partial charge in [0.25, 0.3) is 0 Å². The third-order valence-electron chi connectivity index (χ3n) is 3.02. The molecule has 0 bridgehead atoms. The summed E-state index contributed by atoms with van der Waals surface area (Å²) < 4.78 is 0. The number of nitrogens with one attached hydrogen (secondary N) is 2. The zero-order valence-corrected chi connectivity index (χ0v) is 12.3. The Morgan fingerprint density at radius 2 is 1.95 bits per heavy atom. The van der Waals surface area contributed by atoms with E-state index in [-0.39, 0.29) is 5.91 Å². The molecule has 0 unspecified atom stereocenters. The van der Waals surface area contributed by atoms with Crippen molar-refractivity contribution in [1.29, 1.82) is 0 Å². The van der Waals surface area contributed by atoms with Crippen molar-refractivity contribution in [3.05, 3.63) is 58.6 Å². The van der Waals surface area contributed by atoms with Crippen molar-refractivity contribution in [1.82, 2.24) is 0 Å². The number of carbonyl (C=O) groups is 1. The molecule has 2 N–H and O–H groups in total. The Bertz CT molecular complexity index is 626. The second kappa shape index (κ2) is 6.44. The number of carbonyl (C=O) groups excluding carboxylic acids is 1. The molecule has 0 aliphatic rings. The standard InChI is InChI=1S/C16H17ClN2O/c1-11-5-3-4-6-13(11)10-18-14-7-8-16(15(17)9-14)19-12(2)20/h3-9,18H,10H2,1-2H3,(H,19,20). The van der Waals surface area contributed by atoms with Crippen LogP contribution in [0.2, 0.25) is 5.02 Å². The molecule has 0 radical (unpaired) electrons. The van der Waals surface area contributed by atoms with E-state index in [2.05, 4.69) is 29.7 Å². The topological polar surface area (TPSA) is 41.1 Å². The van der Waals surface area contributed by atoms with Gasteiger partial charge in [-0.15, -0.1) is 0 Å². The van der Waals surface area contributed by atoms with Gasteiger partial charge < -0.3 is 10.6 Å². The zero-order valence-electron chi connectivity index (χ0n) is 11.5. The van der Waals surface area contributed by atoms with Gasteiger partial charge in [0, 0.05) is 19.2 Å². The molecule has 0 aromatic heterocycles. The summed E-state index contributed by atoms with van der Waals surface area (Å²) in [6.07, 6.45) is 0. The van der Waals surface area contributed by atoms with Crippen molar-refractivity contribution in [2.24, 2.45) is 0 Å². The van der Waals surface area contributed by atoms with Gasteiger partial charge in [0.05, 0.1) is 10.7 Å². The highest BCUT2D eigenvalue weighted by atomic mass is 35.5. The normalized spacial score (nSPS) is 10.2. The molecule has 4 heteroatoms. The summed E-state index contributed by atoms with van der Waals surface area (Å²) in [4.78, 5) is 11.0. The van der Waals surface area contributed by atoms with Crippen molar-refractivity contribution >= 4 is 28.9 Å². The third kappa shape index (κ3) is 3.75. The average molecular weight is 289 g/mol. The van der Waals surface area contributed by atoms with Crippen molar-refractivity contribution in [2.45, 2.75) is 20.4 Å². The SMILES string of the molecule is CC(=O)Nc1ccc(NCc2ccccc2C)cc1Cl. The van der Waals surface area contributed by atoms with E-state index in [1.165, 1.54) is 18.1 Å². The van der Waals surface area contributed by atoms with E-state index in [0.717, 1.165) is 12.2 Å². The van der Waals surface area contributed by atoms with Crippen molar-refractivity contribution in [2.75, 3.05) is 10.6 Å². The van der Waals surface area contributed by atoms with Crippen LogP contribution in [0.1, 0.15) is 18.1 Å². The van der Waals surface area contributed by atoms with Gasteiger partial charge in [-0.3, -0.25) is 4.79 Å². The molecule has 2 rings (SSSR count). The van der Waals surface area contributed by atoms with Crippen LogP contribution in [0.3, 0.4) is 0 Å². The van der Waals surface area contributed by atoms with Gasteiger partial charge in [-0.25, -0.2) is 0 Å². The first-order valence-corrected chi connectivity index (χ1v) is 6.79. The third-order valence-corrected chi connectivity index (χ3v) is 3.34. The van der Waals surface area contributed by atoms with Crippen LogP contribution in [0.5, 0.6) is 0 Å². The summed E-state index contributed by atoms with van der Waals surface area (Å²) in [5.74, 6) is -0.132. The summed E-state index contributed by atoms with van der Waals surface area (Å²) in [5, 5.41) is 6.53. The van der Waals surface area contributed by atoms with Crippen LogP contribution in [-0.2, 0) is 11.3 Å². The monoisotopic (exact) mass is 288 g/mol. The summed E-state index contributed by atoms with van der Waals surface area (Å²) >= 11 is 6.13. The Morgan fingerprint density at radius 3 is 2.60 bits per heavy atom. The van der Waals surface area contributed by atoms with E-state index in [4.69, 9.17) is 11.6 Å². The number of amides is 1. The lowest BCUT2D eigenvalue weighted by Gasteiger charge is -2.11. The fourth-order valence-electron chi connectivity index (χ4n) is 1.92. The Morgan fingerprint density at radius 1 is 1.20 bits per heavy atom. The number of hydrogen-bond donors (Lipinski definition) is 2. The second-order valence-electron chi connectivity index (χ2n) is 4.66. The number of halogens is 1. The minimum atomic E-state index is -0.132. The molecule has 20 heavy (non-hydrogen) atoms. The first kappa shape index (κ1) is 14.4. The Hall–Kier alpha value is -2.00. The van der Waals surface area contributed by atoms with Crippen LogP contribution >= 0.6 is 11.6 Å². The van der Waals surface area contributed by atoms with Gasteiger partial charge in [0.2, 0.25) is 5.91 Å². The molecule has 3 nitrogen and oxygen atoms in total. The van der Waals surface area contributed by atoms with E-state index >= 15 is 0 Å². The minimum Gasteiger partial charge on any atom is -0.381 e. The summed E-state index contributed by atoms with van der Waals surface area (Å²) in [6, 6.07) is 13.7. The van der Waals surface area contributed by atoms with Crippen LogP contribution in [0.4, 0.5) is 11.4 Å². The van der Waals surface area contributed by atoms with E-state index in [1.54, 1.807) is 6.07 Å². The highest BCUT2D eigenvalue weighted by molar-refractivity contribution is 6.34. The predicted molar refractivity (Wildman–Crippen MR) is 84.3 cm³/mol. The van der Waals surface area contributed by atoms with Gasteiger partial charge in [0.1, 0.15) is 0 Å². The predicted octanol–water partition coefficient (Wildman–Crippen LogP) is 4.22. The van der Waals surface area contributed by atoms with Gasteiger partial charge >= 0.3 is 0 Å². The van der Waals surface area contributed by atoms with E-state index < -0.39 is 0 Å². The first-order chi connectivity index (χ1) is 9.56. The number of rotatable bonds is 4. The highest BCUT2D eigenvalue weighted by Crippen LogP contribution is 2.25. The summed E-state index contributed by atoms with van der Waals surface area (Å²) in [5.41, 5.74) is 4.04. The second-order valence-corrected chi connectivity index (χ2v) is 5.06. The van der Waals surface area contributed by atoms with Crippen LogP contribution < -0.4 is 10.6 Å². The molecule has 0 spiro atoms. The van der Waals surface area contributed by atoms with Gasteiger partial charge in [-0.1, -0.05) is 35.9 Å². The lowest BCUT2D eigenvalue weighted by atomic mass is 10.1. The molecule has 0 atom stereocenters. The number of benzene rings is 2. The first-order valence-electron chi connectivity index (χ1n) is 6.42. The molecular formula is C16H17ClN2O. The molecule has 0 aliphatic carbocycles. The lowest BCUT2D eigenvalue weighted by Crippen LogP contribution is -2.06. The average Bonchev–Trinajstić information content (AvgIpc) is 2.40. The largest absolute Gasteiger partial charge is 0.381 e.